The summed E-state index contributed by atoms with van der Waals surface area (Å²) in [5.41, 5.74) is -0.0315. The molecule has 3 nitrogen and oxygen atoms in total. The Balaban J connectivity index is 1.94. The number of carbonyl (C=O) groups is 1. The highest BCUT2D eigenvalue weighted by Crippen LogP contribution is 2.63. The van der Waals surface area contributed by atoms with Gasteiger partial charge < -0.3 is 9.47 Å². The number of ketones is 1. The molecule has 2 aliphatic carbocycles. The Labute approximate surface area is 128 Å². The number of hydrogen-bond acceptors (Lipinski definition) is 3. The molecule has 0 aromatic rings. The highest BCUT2D eigenvalue weighted by molar-refractivity contribution is 5.85. The summed E-state index contributed by atoms with van der Waals surface area (Å²) in [6.45, 7) is 9.03. The standard InChI is InChI=1S/C18H30O3/c1-16(2)12-8-11-18(4)13(6-7-15(20-5)21-18)17(12,3)10-9-14(16)19/h12-13,15H,6-11H2,1-5H3/t12-,13+,15-,17-,18+/m0/s1. The summed E-state index contributed by atoms with van der Waals surface area (Å²) in [5, 5.41) is 0. The van der Waals surface area contributed by atoms with E-state index in [1.54, 1.807) is 7.11 Å². The summed E-state index contributed by atoms with van der Waals surface area (Å²) < 4.78 is 11.8. The number of hydrogen-bond donors (Lipinski definition) is 0. The zero-order valence-corrected chi connectivity index (χ0v) is 14.2. The van der Waals surface area contributed by atoms with Crippen LogP contribution in [0.5, 0.6) is 0 Å². The van der Waals surface area contributed by atoms with E-state index in [1.165, 1.54) is 0 Å². The molecule has 0 amide bonds. The molecule has 0 aromatic carbocycles. The van der Waals surface area contributed by atoms with Gasteiger partial charge in [0.1, 0.15) is 5.78 Å². The molecule has 0 N–H and O–H groups in total. The summed E-state index contributed by atoms with van der Waals surface area (Å²) in [4.78, 5) is 12.4. The Morgan fingerprint density at radius 1 is 1.05 bits per heavy atom. The van der Waals surface area contributed by atoms with Gasteiger partial charge in [-0.05, 0) is 56.3 Å². The minimum atomic E-state index is -0.174. The SMILES string of the molecule is CO[C@@H]1CC[C@@H]2[C@@]3(C)CCC(=O)C(C)(C)[C@@H]3CC[C@@]2(C)O1. The fourth-order valence-corrected chi connectivity index (χ4v) is 5.91. The van der Waals surface area contributed by atoms with Crippen molar-refractivity contribution in [1.82, 2.24) is 0 Å². The van der Waals surface area contributed by atoms with Gasteiger partial charge in [0.25, 0.3) is 0 Å². The van der Waals surface area contributed by atoms with Gasteiger partial charge in [0, 0.05) is 18.9 Å². The number of rotatable bonds is 1. The number of Topliss-reactive ketones (excluding diaryl/α,β-unsaturated/α-hetero) is 1. The highest BCUT2D eigenvalue weighted by atomic mass is 16.7. The maximum Gasteiger partial charge on any atom is 0.157 e. The van der Waals surface area contributed by atoms with Crippen molar-refractivity contribution in [3.8, 4) is 0 Å². The van der Waals surface area contributed by atoms with Gasteiger partial charge in [-0.15, -0.1) is 0 Å². The third kappa shape index (κ3) is 2.11. The van der Waals surface area contributed by atoms with Gasteiger partial charge in [-0.3, -0.25) is 4.79 Å². The van der Waals surface area contributed by atoms with Crippen LogP contribution in [-0.4, -0.2) is 24.8 Å². The van der Waals surface area contributed by atoms with Crippen LogP contribution in [-0.2, 0) is 14.3 Å². The first-order valence-corrected chi connectivity index (χ1v) is 8.48. The van der Waals surface area contributed by atoms with E-state index in [0.717, 1.165) is 38.5 Å². The molecule has 0 bridgehead atoms. The largest absolute Gasteiger partial charge is 0.356 e. The van der Waals surface area contributed by atoms with Crippen molar-refractivity contribution < 1.29 is 14.3 Å². The lowest BCUT2D eigenvalue weighted by atomic mass is 9.44. The molecule has 3 fully saturated rings. The van der Waals surface area contributed by atoms with Crippen LogP contribution in [0, 0.1) is 22.7 Å². The average Bonchev–Trinajstić information content (AvgIpc) is 2.42. The molecule has 2 saturated carbocycles. The maximum atomic E-state index is 12.4. The highest BCUT2D eigenvalue weighted by Gasteiger charge is 2.62. The molecule has 0 radical (unpaired) electrons. The van der Waals surface area contributed by atoms with E-state index in [4.69, 9.17) is 9.47 Å². The lowest BCUT2D eigenvalue weighted by Gasteiger charge is -2.63. The van der Waals surface area contributed by atoms with E-state index in [9.17, 15) is 4.79 Å². The molecule has 0 aromatic heterocycles. The smallest absolute Gasteiger partial charge is 0.157 e. The van der Waals surface area contributed by atoms with E-state index in [-0.39, 0.29) is 22.7 Å². The Bertz CT molecular complexity index is 444. The quantitative estimate of drug-likeness (QED) is 0.734. The fourth-order valence-electron chi connectivity index (χ4n) is 5.91. The van der Waals surface area contributed by atoms with Crippen molar-refractivity contribution in [3.05, 3.63) is 0 Å². The Hall–Kier alpha value is -0.410. The number of fused-ring (bicyclic) bond motifs is 3. The number of carbonyl (C=O) groups excluding carboxylic acids is 1. The Morgan fingerprint density at radius 3 is 2.43 bits per heavy atom. The second kappa shape index (κ2) is 4.79. The van der Waals surface area contributed by atoms with Gasteiger partial charge >= 0.3 is 0 Å². The number of ether oxygens (including phenoxy) is 2. The molecule has 1 saturated heterocycles. The van der Waals surface area contributed by atoms with Crippen LogP contribution < -0.4 is 0 Å². The van der Waals surface area contributed by atoms with Crippen LogP contribution in [0.15, 0.2) is 0 Å². The zero-order valence-electron chi connectivity index (χ0n) is 14.2. The van der Waals surface area contributed by atoms with E-state index in [2.05, 4.69) is 27.7 Å². The monoisotopic (exact) mass is 294 g/mol. The average molecular weight is 294 g/mol. The minimum Gasteiger partial charge on any atom is -0.356 e. The van der Waals surface area contributed by atoms with Gasteiger partial charge in [-0.25, -0.2) is 0 Å². The normalized spacial score (nSPS) is 49.4. The first-order valence-electron chi connectivity index (χ1n) is 8.48. The van der Waals surface area contributed by atoms with Crippen molar-refractivity contribution in [1.29, 1.82) is 0 Å². The predicted octanol–water partition coefficient (Wildman–Crippen LogP) is 3.95. The molecule has 3 aliphatic rings. The van der Waals surface area contributed by atoms with Crippen LogP contribution in [0.1, 0.15) is 66.2 Å². The Morgan fingerprint density at radius 2 is 1.76 bits per heavy atom. The summed E-state index contributed by atoms with van der Waals surface area (Å²) >= 11 is 0. The summed E-state index contributed by atoms with van der Waals surface area (Å²) in [6.07, 6.45) is 6.00. The van der Waals surface area contributed by atoms with Crippen molar-refractivity contribution in [3.63, 3.8) is 0 Å². The Kier molecular flexibility index (Phi) is 3.53. The van der Waals surface area contributed by atoms with E-state index in [0.29, 0.717) is 17.6 Å². The molecule has 3 rings (SSSR count). The summed E-state index contributed by atoms with van der Waals surface area (Å²) in [5.74, 6) is 1.50. The van der Waals surface area contributed by atoms with Gasteiger partial charge in [-0.2, -0.15) is 0 Å². The maximum absolute atomic E-state index is 12.4. The van der Waals surface area contributed by atoms with Crippen LogP contribution in [0.2, 0.25) is 0 Å². The molecule has 1 heterocycles. The first kappa shape index (κ1) is 15.5. The molecular formula is C18H30O3. The predicted molar refractivity (Wildman–Crippen MR) is 81.9 cm³/mol. The topological polar surface area (TPSA) is 35.5 Å². The van der Waals surface area contributed by atoms with Crippen LogP contribution in [0.4, 0.5) is 0 Å². The molecule has 0 unspecified atom stereocenters. The van der Waals surface area contributed by atoms with Gasteiger partial charge in [0.15, 0.2) is 6.29 Å². The zero-order chi connectivity index (χ0) is 15.5. The van der Waals surface area contributed by atoms with Gasteiger partial charge in [0.2, 0.25) is 0 Å². The first-order chi connectivity index (χ1) is 9.74. The molecule has 120 valence electrons. The third-order valence-electron chi connectivity index (χ3n) is 7.09. The van der Waals surface area contributed by atoms with E-state index < -0.39 is 0 Å². The van der Waals surface area contributed by atoms with E-state index in [1.807, 2.05) is 0 Å². The van der Waals surface area contributed by atoms with Gasteiger partial charge in [-0.1, -0.05) is 20.8 Å². The molecule has 1 aliphatic heterocycles. The fraction of sp³-hybridized carbons (Fsp3) is 0.944. The molecule has 5 atom stereocenters. The lowest BCUT2D eigenvalue weighted by Crippen LogP contribution is -2.62. The second-order valence-electron chi connectivity index (χ2n) is 8.47. The molecule has 0 spiro atoms. The van der Waals surface area contributed by atoms with Crippen LogP contribution in [0.3, 0.4) is 0 Å². The van der Waals surface area contributed by atoms with Crippen LogP contribution in [0.25, 0.3) is 0 Å². The lowest BCUT2D eigenvalue weighted by molar-refractivity contribution is -0.284. The van der Waals surface area contributed by atoms with Crippen molar-refractivity contribution >= 4 is 5.78 Å². The number of methoxy groups -OCH3 is 1. The van der Waals surface area contributed by atoms with Crippen molar-refractivity contribution in [2.45, 2.75) is 78.1 Å². The van der Waals surface area contributed by atoms with Crippen LogP contribution >= 0.6 is 0 Å². The molecule has 3 heteroatoms. The van der Waals surface area contributed by atoms with E-state index >= 15 is 0 Å². The summed E-state index contributed by atoms with van der Waals surface area (Å²) in [6, 6.07) is 0. The van der Waals surface area contributed by atoms with Crippen molar-refractivity contribution in [2.24, 2.45) is 22.7 Å². The molecule has 21 heavy (non-hydrogen) atoms. The van der Waals surface area contributed by atoms with Gasteiger partial charge in [0.05, 0.1) is 5.60 Å². The minimum absolute atomic E-state index is 0.0513. The second-order valence-corrected chi connectivity index (χ2v) is 8.47. The molecular weight excluding hydrogens is 264 g/mol. The van der Waals surface area contributed by atoms with Crippen molar-refractivity contribution in [2.75, 3.05) is 7.11 Å². The summed E-state index contributed by atoms with van der Waals surface area (Å²) in [7, 11) is 1.74. The third-order valence-corrected chi connectivity index (χ3v) is 7.09.